The molecule has 0 aliphatic heterocycles. The van der Waals surface area contributed by atoms with Crippen molar-refractivity contribution in [3.63, 3.8) is 0 Å². The Labute approximate surface area is 113 Å². The van der Waals surface area contributed by atoms with Gasteiger partial charge in [-0.3, -0.25) is 4.68 Å². The lowest BCUT2D eigenvalue weighted by Gasteiger charge is -2.09. The molecule has 3 nitrogen and oxygen atoms in total. The molecule has 1 heterocycles. The molecule has 2 rings (SSSR count). The minimum atomic E-state index is -0.291. The lowest BCUT2D eigenvalue weighted by Crippen LogP contribution is -2.06. The summed E-state index contributed by atoms with van der Waals surface area (Å²) in [6.07, 6.45) is 6.71. The molecular formula is C14H21ClN2O. The van der Waals surface area contributed by atoms with Gasteiger partial charge in [0.25, 0.3) is 0 Å². The van der Waals surface area contributed by atoms with Crippen LogP contribution in [0.25, 0.3) is 0 Å². The van der Waals surface area contributed by atoms with E-state index in [0.29, 0.717) is 0 Å². The molecule has 1 unspecified atom stereocenters. The van der Waals surface area contributed by atoms with Gasteiger partial charge in [-0.2, -0.15) is 5.10 Å². The molecule has 1 aromatic heterocycles. The molecule has 0 saturated carbocycles. The van der Waals surface area contributed by atoms with Gasteiger partial charge < -0.3 is 5.11 Å². The monoisotopic (exact) mass is 268 g/mol. The quantitative estimate of drug-likeness (QED) is 0.855. The Kier molecular flexibility index (Phi) is 4.46. The van der Waals surface area contributed by atoms with Crippen molar-refractivity contribution in [2.45, 2.75) is 58.6 Å². The van der Waals surface area contributed by atoms with Crippen LogP contribution in [0, 0.1) is 6.92 Å². The molecule has 18 heavy (non-hydrogen) atoms. The van der Waals surface area contributed by atoms with Gasteiger partial charge in [0.1, 0.15) is 0 Å². The van der Waals surface area contributed by atoms with Crippen LogP contribution in [0.15, 0.2) is 11.6 Å². The first-order chi connectivity index (χ1) is 8.61. The lowest BCUT2D eigenvalue weighted by molar-refractivity contribution is 0.211. The minimum Gasteiger partial charge on any atom is -0.389 e. The second-order valence-electron chi connectivity index (χ2n) is 4.98. The summed E-state index contributed by atoms with van der Waals surface area (Å²) in [6.45, 7) is 4.84. The van der Waals surface area contributed by atoms with Crippen LogP contribution in [0.1, 0.15) is 44.0 Å². The van der Waals surface area contributed by atoms with Crippen molar-refractivity contribution in [1.29, 1.82) is 0 Å². The van der Waals surface area contributed by atoms with Crippen LogP contribution < -0.4 is 0 Å². The highest BCUT2D eigenvalue weighted by Gasteiger charge is 2.16. The second-order valence-corrected chi connectivity index (χ2v) is 5.35. The molecule has 0 amide bonds. The second kappa shape index (κ2) is 5.89. The molecule has 0 aromatic carbocycles. The van der Waals surface area contributed by atoms with Crippen LogP contribution >= 0.6 is 11.6 Å². The average Bonchev–Trinajstić information content (AvgIpc) is 2.53. The van der Waals surface area contributed by atoms with Gasteiger partial charge in [-0.25, -0.2) is 0 Å². The van der Waals surface area contributed by atoms with Crippen LogP contribution in [0.2, 0.25) is 5.02 Å². The number of aliphatic hydroxyl groups excluding tert-OH is 1. The Hall–Kier alpha value is -0.800. The van der Waals surface area contributed by atoms with Crippen LogP contribution in [-0.4, -0.2) is 21.0 Å². The molecule has 1 aliphatic rings. The van der Waals surface area contributed by atoms with Crippen molar-refractivity contribution in [2.75, 3.05) is 0 Å². The van der Waals surface area contributed by atoms with E-state index in [2.05, 4.69) is 12.0 Å². The maximum Gasteiger partial charge on any atom is 0.0850 e. The molecule has 0 spiro atoms. The van der Waals surface area contributed by atoms with Crippen molar-refractivity contribution in [2.24, 2.45) is 0 Å². The Bertz CT molecular complexity index is 451. The molecule has 1 atom stereocenters. The third-order valence-corrected chi connectivity index (χ3v) is 4.01. The number of aryl methyl sites for hydroxylation is 2. The van der Waals surface area contributed by atoms with E-state index in [4.69, 9.17) is 11.6 Å². The van der Waals surface area contributed by atoms with Crippen LogP contribution in [-0.2, 0) is 13.0 Å². The highest BCUT2D eigenvalue weighted by Crippen LogP contribution is 2.26. The van der Waals surface area contributed by atoms with Crippen LogP contribution in [0.3, 0.4) is 0 Å². The summed E-state index contributed by atoms with van der Waals surface area (Å²) in [5.74, 6) is 0. The summed E-state index contributed by atoms with van der Waals surface area (Å²) in [7, 11) is 0. The van der Waals surface area contributed by atoms with Crippen molar-refractivity contribution < 1.29 is 5.11 Å². The van der Waals surface area contributed by atoms with E-state index in [1.807, 2.05) is 17.7 Å². The first-order valence-corrected chi connectivity index (χ1v) is 7.09. The first kappa shape index (κ1) is 13.6. The van der Waals surface area contributed by atoms with E-state index < -0.39 is 0 Å². The number of rotatable bonds is 3. The van der Waals surface area contributed by atoms with E-state index in [-0.39, 0.29) is 6.10 Å². The SMILES string of the molecule is CCn1nc(C)c(Cl)c1CC1=CC(O)CCCC1. The van der Waals surface area contributed by atoms with Crippen molar-refractivity contribution in [3.8, 4) is 0 Å². The number of hydrogen-bond donors (Lipinski definition) is 1. The zero-order valence-electron chi connectivity index (χ0n) is 11.1. The minimum absolute atomic E-state index is 0.291. The summed E-state index contributed by atoms with van der Waals surface area (Å²) in [5, 5.41) is 15.0. The van der Waals surface area contributed by atoms with Gasteiger partial charge in [-0.1, -0.05) is 29.7 Å². The highest BCUT2D eigenvalue weighted by molar-refractivity contribution is 6.31. The molecule has 100 valence electrons. The lowest BCUT2D eigenvalue weighted by atomic mass is 10.0. The molecule has 0 radical (unpaired) electrons. The first-order valence-electron chi connectivity index (χ1n) is 6.71. The normalized spacial score (nSPS) is 20.7. The maximum atomic E-state index is 9.81. The molecule has 1 aromatic rings. The van der Waals surface area contributed by atoms with Crippen molar-refractivity contribution >= 4 is 11.6 Å². The smallest absolute Gasteiger partial charge is 0.0850 e. The highest BCUT2D eigenvalue weighted by atomic mass is 35.5. The molecule has 1 N–H and O–H groups in total. The van der Waals surface area contributed by atoms with E-state index in [1.54, 1.807) is 0 Å². The van der Waals surface area contributed by atoms with E-state index in [1.165, 1.54) is 5.57 Å². The molecule has 0 bridgehead atoms. The molecule has 0 fully saturated rings. The third kappa shape index (κ3) is 2.96. The predicted molar refractivity (Wildman–Crippen MR) is 73.9 cm³/mol. The molecule has 0 saturated heterocycles. The number of aromatic nitrogens is 2. The predicted octanol–water partition coefficient (Wildman–Crippen LogP) is 3.27. The van der Waals surface area contributed by atoms with Gasteiger partial charge >= 0.3 is 0 Å². The fourth-order valence-corrected chi connectivity index (χ4v) is 2.75. The fraction of sp³-hybridized carbons (Fsp3) is 0.643. The molecule has 1 aliphatic carbocycles. The van der Waals surface area contributed by atoms with Gasteiger partial charge in [0.05, 0.1) is 22.5 Å². The Balaban J connectivity index is 2.22. The fourth-order valence-electron chi connectivity index (χ4n) is 2.54. The summed E-state index contributed by atoms with van der Waals surface area (Å²) in [4.78, 5) is 0. The Morgan fingerprint density at radius 2 is 2.28 bits per heavy atom. The zero-order valence-corrected chi connectivity index (χ0v) is 11.9. The molecule has 4 heteroatoms. The van der Waals surface area contributed by atoms with Gasteiger partial charge in [0, 0.05) is 13.0 Å². The summed E-state index contributed by atoms with van der Waals surface area (Å²) in [5.41, 5.74) is 3.26. The van der Waals surface area contributed by atoms with E-state index >= 15 is 0 Å². The Morgan fingerprint density at radius 3 is 3.00 bits per heavy atom. The standard InChI is InChI=1S/C14H21ClN2O/c1-3-17-13(14(15)10(2)16-17)9-11-6-4-5-7-12(18)8-11/h8,12,18H,3-7,9H2,1-2H3. The van der Waals surface area contributed by atoms with Crippen molar-refractivity contribution in [1.82, 2.24) is 9.78 Å². The van der Waals surface area contributed by atoms with Crippen LogP contribution in [0.5, 0.6) is 0 Å². The third-order valence-electron chi connectivity index (χ3n) is 3.52. The van der Waals surface area contributed by atoms with Gasteiger partial charge in [-0.05, 0) is 33.1 Å². The maximum absolute atomic E-state index is 9.81. The van der Waals surface area contributed by atoms with Gasteiger partial charge in [-0.15, -0.1) is 0 Å². The summed E-state index contributed by atoms with van der Waals surface area (Å²) in [6, 6.07) is 0. The summed E-state index contributed by atoms with van der Waals surface area (Å²) >= 11 is 6.32. The number of nitrogens with zero attached hydrogens (tertiary/aromatic N) is 2. The average molecular weight is 269 g/mol. The van der Waals surface area contributed by atoms with Crippen molar-refractivity contribution in [3.05, 3.63) is 28.1 Å². The molecular weight excluding hydrogens is 248 g/mol. The number of halogens is 1. The zero-order chi connectivity index (χ0) is 13.1. The van der Waals surface area contributed by atoms with Gasteiger partial charge in [0.15, 0.2) is 0 Å². The van der Waals surface area contributed by atoms with Gasteiger partial charge in [0.2, 0.25) is 0 Å². The van der Waals surface area contributed by atoms with E-state index in [9.17, 15) is 5.11 Å². The van der Waals surface area contributed by atoms with E-state index in [0.717, 1.165) is 55.1 Å². The largest absolute Gasteiger partial charge is 0.389 e. The van der Waals surface area contributed by atoms with Crippen LogP contribution in [0.4, 0.5) is 0 Å². The summed E-state index contributed by atoms with van der Waals surface area (Å²) < 4.78 is 1.97. The number of allylic oxidation sites excluding steroid dienone is 1. The Morgan fingerprint density at radius 1 is 1.50 bits per heavy atom. The number of hydrogen-bond acceptors (Lipinski definition) is 2. The number of aliphatic hydroxyl groups is 1. The topological polar surface area (TPSA) is 38.0 Å².